The summed E-state index contributed by atoms with van der Waals surface area (Å²) in [6.45, 7) is 10.0. The van der Waals surface area contributed by atoms with Crippen molar-refractivity contribution in [2.75, 3.05) is 33.0 Å². The van der Waals surface area contributed by atoms with E-state index in [9.17, 15) is 66.1 Å². The van der Waals surface area contributed by atoms with Crippen molar-refractivity contribution in [1.82, 2.24) is 0 Å². The molecule has 19 nitrogen and oxygen atoms in total. The van der Waals surface area contributed by atoms with E-state index >= 15 is 0 Å². The summed E-state index contributed by atoms with van der Waals surface area (Å²) in [4.78, 5) is 14.7. The van der Waals surface area contributed by atoms with E-state index in [1.165, 1.54) is 5.57 Å². The standard InChI is InChI=1S/C47H76O19/c1-41(2)11-13-46(40(59)66-38-32(56)30(54)29(53)25(17-48)62-38)14-12-44(5)22(23(46)15-41)7-8-28-42(3)16-24(52)36(43(4,19-50)27(42)9-10-45(28,44)6)65-37-33(57)31(55)34(26(18-49)63-37)64-39-35(58)47(60,20-51)21-61-39/h7,23-39,48-58,60H,8-21H2,1-6H3. The first-order chi connectivity index (χ1) is 30.8. The van der Waals surface area contributed by atoms with E-state index < -0.39 is 152 Å². The van der Waals surface area contributed by atoms with Gasteiger partial charge >= 0.3 is 5.97 Å². The normalized spacial score (nSPS) is 54.6. The molecule has 0 aromatic rings. The number of carbonyl (C=O) groups excluding carboxylic acids is 1. The Morgan fingerprint density at radius 3 is 2.00 bits per heavy atom. The molecule has 0 aromatic heterocycles. The van der Waals surface area contributed by atoms with Gasteiger partial charge in [0.25, 0.3) is 0 Å². The Morgan fingerprint density at radius 2 is 1.36 bits per heavy atom. The van der Waals surface area contributed by atoms with Gasteiger partial charge in [-0.25, -0.2) is 0 Å². The van der Waals surface area contributed by atoms with Gasteiger partial charge in [-0.15, -0.1) is 0 Å². The molecule has 3 aliphatic heterocycles. The Kier molecular flexibility index (Phi) is 13.6. The minimum Gasteiger partial charge on any atom is -0.432 e. The zero-order valence-electron chi connectivity index (χ0n) is 39.0. The number of aliphatic hydroxyl groups is 12. The highest BCUT2D eigenvalue weighted by Gasteiger charge is 2.71. The quantitative estimate of drug-likeness (QED) is 0.0690. The molecular weight excluding hydrogens is 868 g/mol. The first-order valence-electron chi connectivity index (χ1n) is 23.9. The molecule has 0 spiro atoms. The van der Waals surface area contributed by atoms with E-state index in [1.54, 1.807) is 0 Å². The maximum atomic E-state index is 14.7. The number of hydrogen-bond donors (Lipinski definition) is 12. The lowest BCUT2D eigenvalue weighted by atomic mass is 9.33. The summed E-state index contributed by atoms with van der Waals surface area (Å²) < 4.78 is 35.1. The zero-order chi connectivity index (χ0) is 48.3. The van der Waals surface area contributed by atoms with Gasteiger partial charge in [0.1, 0.15) is 60.5 Å². The highest BCUT2D eigenvalue weighted by atomic mass is 16.7. The van der Waals surface area contributed by atoms with Gasteiger partial charge in [0.15, 0.2) is 12.6 Å². The molecule has 4 saturated carbocycles. The van der Waals surface area contributed by atoms with Crippen molar-refractivity contribution in [3.05, 3.63) is 11.6 Å². The third kappa shape index (κ3) is 7.60. The van der Waals surface area contributed by atoms with E-state index in [4.69, 9.17) is 28.4 Å². The fraction of sp³-hybridized carbons (Fsp3) is 0.936. The van der Waals surface area contributed by atoms with Gasteiger partial charge < -0.3 is 89.7 Å². The van der Waals surface area contributed by atoms with Crippen molar-refractivity contribution in [2.24, 2.45) is 50.2 Å². The van der Waals surface area contributed by atoms with Crippen LogP contribution in [-0.2, 0) is 33.2 Å². The van der Waals surface area contributed by atoms with Crippen LogP contribution in [0.2, 0.25) is 0 Å². The van der Waals surface area contributed by atoms with E-state index in [2.05, 4.69) is 40.7 Å². The number of allylic oxidation sites excluding steroid dienone is 2. The van der Waals surface area contributed by atoms with Crippen LogP contribution in [0.1, 0.15) is 99.3 Å². The molecule has 5 aliphatic carbocycles. The van der Waals surface area contributed by atoms with Crippen molar-refractivity contribution >= 4 is 5.97 Å². The van der Waals surface area contributed by atoms with Crippen molar-refractivity contribution in [3.63, 3.8) is 0 Å². The topological polar surface area (TPSA) is 315 Å². The average Bonchev–Trinajstić information content (AvgIpc) is 3.56. The van der Waals surface area contributed by atoms with Gasteiger partial charge in [0.05, 0.1) is 50.7 Å². The molecule has 23 atom stereocenters. The number of hydrogen-bond acceptors (Lipinski definition) is 19. The average molecular weight is 945 g/mol. The number of rotatable bonds is 10. The molecule has 23 unspecified atom stereocenters. The second-order valence-corrected chi connectivity index (χ2v) is 23.2. The summed E-state index contributed by atoms with van der Waals surface area (Å²) >= 11 is 0. The zero-order valence-corrected chi connectivity index (χ0v) is 39.0. The molecular formula is C47H76O19. The van der Waals surface area contributed by atoms with Gasteiger partial charge in [0.2, 0.25) is 6.29 Å². The molecule has 0 amide bonds. The van der Waals surface area contributed by atoms with Gasteiger partial charge in [-0.05, 0) is 97.2 Å². The van der Waals surface area contributed by atoms with Gasteiger partial charge in [-0.3, -0.25) is 4.79 Å². The van der Waals surface area contributed by atoms with Crippen LogP contribution in [0.5, 0.6) is 0 Å². The molecule has 0 radical (unpaired) electrons. The lowest BCUT2D eigenvalue weighted by molar-refractivity contribution is -0.358. The maximum absolute atomic E-state index is 14.7. The number of aliphatic hydroxyl groups excluding tert-OH is 11. The molecule has 0 aromatic carbocycles. The number of carbonyl (C=O) groups is 1. The molecule has 8 rings (SSSR count). The van der Waals surface area contributed by atoms with Crippen LogP contribution in [0.3, 0.4) is 0 Å². The van der Waals surface area contributed by atoms with Crippen molar-refractivity contribution in [1.29, 1.82) is 0 Å². The van der Waals surface area contributed by atoms with Crippen LogP contribution in [0, 0.1) is 50.2 Å². The molecule has 8 aliphatic rings. The van der Waals surface area contributed by atoms with Gasteiger partial charge in [-0.1, -0.05) is 53.2 Å². The summed E-state index contributed by atoms with van der Waals surface area (Å²) in [6, 6.07) is 0. The molecule has 19 heteroatoms. The van der Waals surface area contributed by atoms with Crippen LogP contribution >= 0.6 is 0 Å². The fourth-order valence-corrected chi connectivity index (χ4v) is 14.9. The maximum Gasteiger partial charge on any atom is 0.315 e. The smallest absolute Gasteiger partial charge is 0.315 e. The summed E-state index contributed by atoms with van der Waals surface area (Å²) in [6.07, 6.45) is -13.5. The van der Waals surface area contributed by atoms with E-state index in [-0.39, 0.29) is 35.0 Å². The fourth-order valence-electron chi connectivity index (χ4n) is 14.9. The largest absolute Gasteiger partial charge is 0.432 e. The predicted octanol–water partition coefficient (Wildman–Crippen LogP) is -1.28. The van der Waals surface area contributed by atoms with Crippen molar-refractivity contribution < 1.29 is 94.5 Å². The first kappa shape index (κ1) is 50.9. The Balaban J connectivity index is 1.04. The molecule has 378 valence electrons. The lowest BCUT2D eigenvalue weighted by Gasteiger charge is -2.72. The Labute approximate surface area is 385 Å². The van der Waals surface area contributed by atoms with E-state index in [0.717, 1.165) is 12.8 Å². The highest BCUT2D eigenvalue weighted by Crippen LogP contribution is 2.76. The van der Waals surface area contributed by atoms with Gasteiger partial charge in [-0.2, -0.15) is 0 Å². The molecule has 12 N–H and O–H groups in total. The van der Waals surface area contributed by atoms with Crippen LogP contribution in [0.25, 0.3) is 0 Å². The molecule has 3 saturated heterocycles. The SMILES string of the molecule is CC1(C)CCC2(C(=O)OC3OC(CO)C(O)C(O)C3O)CCC3(C)C(=CCC4C5(C)CC(O)C(OC6OC(CO)C(OC7OCC(O)(CO)C7O)C(O)C6O)C(C)(CO)C5CCC43C)C2C1. The second kappa shape index (κ2) is 17.7. The Hall–Kier alpha value is -1.47. The van der Waals surface area contributed by atoms with Gasteiger partial charge in [0, 0.05) is 5.41 Å². The van der Waals surface area contributed by atoms with Crippen LogP contribution in [0.4, 0.5) is 0 Å². The van der Waals surface area contributed by atoms with Crippen LogP contribution in [-0.4, -0.2) is 192 Å². The minimum atomic E-state index is -2.03. The predicted molar refractivity (Wildman–Crippen MR) is 227 cm³/mol. The van der Waals surface area contributed by atoms with Crippen molar-refractivity contribution in [2.45, 2.75) is 191 Å². The molecule has 0 bridgehead atoms. The van der Waals surface area contributed by atoms with E-state index in [1.807, 2.05) is 6.92 Å². The highest BCUT2D eigenvalue weighted by molar-refractivity contribution is 5.79. The number of ether oxygens (including phenoxy) is 6. The lowest BCUT2D eigenvalue weighted by Crippen LogP contribution is -2.69. The van der Waals surface area contributed by atoms with E-state index in [0.29, 0.717) is 38.5 Å². The molecule has 7 fully saturated rings. The van der Waals surface area contributed by atoms with Crippen LogP contribution < -0.4 is 0 Å². The summed E-state index contributed by atoms with van der Waals surface area (Å²) in [7, 11) is 0. The monoisotopic (exact) mass is 944 g/mol. The minimum absolute atomic E-state index is 0.0100. The molecule has 3 heterocycles. The van der Waals surface area contributed by atoms with Crippen molar-refractivity contribution in [3.8, 4) is 0 Å². The third-order valence-corrected chi connectivity index (χ3v) is 19.1. The Morgan fingerprint density at radius 1 is 0.712 bits per heavy atom. The number of fused-ring (bicyclic) bond motifs is 7. The summed E-state index contributed by atoms with van der Waals surface area (Å²) in [5.41, 5.74) is -4.27. The first-order valence-corrected chi connectivity index (χ1v) is 23.9. The number of esters is 1. The Bertz CT molecular complexity index is 1810. The van der Waals surface area contributed by atoms with Crippen LogP contribution in [0.15, 0.2) is 11.6 Å². The third-order valence-electron chi connectivity index (χ3n) is 19.1. The second-order valence-electron chi connectivity index (χ2n) is 23.2. The molecule has 66 heavy (non-hydrogen) atoms. The summed E-state index contributed by atoms with van der Waals surface area (Å²) in [5, 5.41) is 129. The summed E-state index contributed by atoms with van der Waals surface area (Å²) in [5.74, 6) is -0.950.